The molecule has 0 aromatic heterocycles. The van der Waals surface area contributed by atoms with Crippen LogP contribution in [-0.2, 0) is 6.54 Å². The Labute approximate surface area is 118 Å². The molecule has 0 heterocycles. The van der Waals surface area contributed by atoms with E-state index >= 15 is 0 Å². The van der Waals surface area contributed by atoms with Crippen molar-refractivity contribution in [2.24, 2.45) is 5.92 Å². The van der Waals surface area contributed by atoms with Crippen LogP contribution in [0.2, 0.25) is 0 Å². The first-order valence-corrected chi connectivity index (χ1v) is 7.53. The average Bonchev–Trinajstić information content (AvgIpc) is 3.06. The van der Waals surface area contributed by atoms with Crippen LogP contribution in [0.1, 0.15) is 38.7 Å². The molecule has 0 radical (unpaired) electrons. The van der Waals surface area contributed by atoms with Crippen LogP contribution in [0.5, 0.6) is 0 Å². The van der Waals surface area contributed by atoms with Gasteiger partial charge in [0.2, 0.25) is 0 Å². The Morgan fingerprint density at radius 1 is 1.33 bits per heavy atom. The van der Waals surface area contributed by atoms with E-state index < -0.39 is 0 Å². The van der Waals surface area contributed by atoms with Crippen LogP contribution in [0.15, 0.2) is 22.7 Å². The maximum Gasteiger partial charge on any atom is 0.124 e. The van der Waals surface area contributed by atoms with Crippen LogP contribution in [0.4, 0.5) is 4.39 Å². The summed E-state index contributed by atoms with van der Waals surface area (Å²) >= 11 is 3.36. The molecule has 1 aliphatic carbocycles. The van der Waals surface area contributed by atoms with Crippen molar-refractivity contribution in [3.63, 3.8) is 0 Å². The predicted molar refractivity (Wildman–Crippen MR) is 77.0 cm³/mol. The van der Waals surface area contributed by atoms with Gasteiger partial charge in [-0.25, -0.2) is 4.39 Å². The molecule has 0 atom stereocenters. The smallest absolute Gasteiger partial charge is 0.124 e. The minimum Gasteiger partial charge on any atom is -0.296 e. The van der Waals surface area contributed by atoms with Crippen molar-refractivity contribution >= 4 is 15.9 Å². The van der Waals surface area contributed by atoms with Crippen LogP contribution >= 0.6 is 15.9 Å². The summed E-state index contributed by atoms with van der Waals surface area (Å²) in [7, 11) is 0. The highest BCUT2D eigenvalue weighted by Crippen LogP contribution is 2.29. The molecule has 100 valence electrons. The van der Waals surface area contributed by atoms with Crippen LogP contribution in [0, 0.1) is 11.7 Å². The Bertz CT molecular complexity index is 381. The lowest BCUT2D eigenvalue weighted by molar-refractivity contribution is 0.239. The Hall–Kier alpha value is -0.410. The van der Waals surface area contributed by atoms with Crippen molar-refractivity contribution in [3.8, 4) is 0 Å². The molecule has 1 nitrogen and oxygen atoms in total. The fourth-order valence-electron chi connectivity index (χ4n) is 2.19. The van der Waals surface area contributed by atoms with Gasteiger partial charge in [-0.1, -0.05) is 29.8 Å². The van der Waals surface area contributed by atoms with Crippen molar-refractivity contribution < 1.29 is 4.39 Å². The summed E-state index contributed by atoms with van der Waals surface area (Å²) in [4.78, 5) is 2.50. The predicted octanol–water partition coefficient (Wildman–Crippen LogP) is 4.60. The molecule has 1 fully saturated rings. The van der Waals surface area contributed by atoms with Gasteiger partial charge in [-0.2, -0.15) is 0 Å². The zero-order valence-corrected chi connectivity index (χ0v) is 12.7. The molecule has 0 N–H and O–H groups in total. The van der Waals surface area contributed by atoms with E-state index in [2.05, 4.69) is 34.7 Å². The fourth-order valence-corrected chi connectivity index (χ4v) is 2.70. The van der Waals surface area contributed by atoms with E-state index in [4.69, 9.17) is 0 Å². The van der Waals surface area contributed by atoms with Crippen LogP contribution in [0.25, 0.3) is 0 Å². The van der Waals surface area contributed by atoms with Gasteiger partial charge in [0.1, 0.15) is 5.82 Å². The standard InChI is InChI=1S/C15H21BrFN/c1-11(2)5-6-18(15-3-4-15)10-12-7-13(16)9-14(17)8-12/h7-9,11,15H,3-6,10H2,1-2H3. The zero-order chi connectivity index (χ0) is 13.1. The highest BCUT2D eigenvalue weighted by atomic mass is 79.9. The second-order valence-corrected chi connectivity index (χ2v) is 6.58. The highest BCUT2D eigenvalue weighted by Gasteiger charge is 2.28. The average molecular weight is 314 g/mol. The molecule has 3 heteroatoms. The van der Waals surface area contributed by atoms with E-state index in [1.54, 1.807) is 6.07 Å². The van der Waals surface area contributed by atoms with Gasteiger partial charge in [0.05, 0.1) is 0 Å². The van der Waals surface area contributed by atoms with Crippen molar-refractivity contribution in [3.05, 3.63) is 34.1 Å². The molecule has 1 aromatic carbocycles. The number of nitrogens with zero attached hydrogens (tertiary/aromatic N) is 1. The number of hydrogen-bond donors (Lipinski definition) is 0. The van der Waals surface area contributed by atoms with Crippen molar-refractivity contribution in [2.45, 2.75) is 45.7 Å². The number of hydrogen-bond acceptors (Lipinski definition) is 1. The first-order valence-electron chi connectivity index (χ1n) is 6.73. The first kappa shape index (κ1) is 14.0. The van der Waals surface area contributed by atoms with Crippen molar-refractivity contribution in [1.82, 2.24) is 4.90 Å². The maximum absolute atomic E-state index is 13.4. The minimum absolute atomic E-state index is 0.154. The second-order valence-electron chi connectivity index (χ2n) is 5.66. The van der Waals surface area contributed by atoms with Gasteiger partial charge in [0, 0.05) is 17.1 Å². The summed E-state index contributed by atoms with van der Waals surface area (Å²) < 4.78 is 14.2. The van der Waals surface area contributed by atoms with Crippen molar-refractivity contribution in [2.75, 3.05) is 6.54 Å². The molecule has 0 unspecified atom stereocenters. The van der Waals surface area contributed by atoms with E-state index in [-0.39, 0.29) is 5.82 Å². The van der Waals surface area contributed by atoms with Crippen LogP contribution in [-0.4, -0.2) is 17.5 Å². The van der Waals surface area contributed by atoms with Gasteiger partial charge < -0.3 is 0 Å². The lowest BCUT2D eigenvalue weighted by Crippen LogP contribution is -2.27. The van der Waals surface area contributed by atoms with E-state index in [1.165, 1.54) is 25.3 Å². The van der Waals surface area contributed by atoms with Crippen LogP contribution < -0.4 is 0 Å². The maximum atomic E-state index is 13.4. The molecular weight excluding hydrogens is 293 g/mol. The van der Waals surface area contributed by atoms with E-state index in [9.17, 15) is 4.39 Å². The number of halogens is 2. The van der Waals surface area contributed by atoms with Gasteiger partial charge in [-0.15, -0.1) is 0 Å². The van der Waals surface area contributed by atoms with E-state index in [0.29, 0.717) is 0 Å². The first-order chi connectivity index (χ1) is 8.54. The molecule has 18 heavy (non-hydrogen) atoms. The molecule has 0 saturated heterocycles. The molecule has 0 amide bonds. The van der Waals surface area contributed by atoms with Gasteiger partial charge in [0.15, 0.2) is 0 Å². The molecule has 1 aromatic rings. The molecule has 0 bridgehead atoms. The van der Waals surface area contributed by atoms with Gasteiger partial charge in [-0.05, 0) is 55.5 Å². The highest BCUT2D eigenvalue weighted by molar-refractivity contribution is 9.10. The molecule has 0 spiro atoms. The molecule has 1 saturated carbocycles. The SMILES string of the molecule is CC(C)CCN(Cc1cc(F)cc(Br)c1)C1CC1. The number of benzene rings is 1. The van der Waals surface area contributed by atoms with Gasteiger partial charge in [0.25, 0.3) is 0 Å². The Balaban J connectivity index is 1.99. The molecule has 2 rings (SSSR count). The quantitative estimate of drug-likeness (QED) is 0.742. The normalized spacial score (nSPS) is 15.7. The molecule has 1 aliphatic rings. The topological polar surface area (TPSA) is 3.24 Å². The Morgan fingerprint density at radius 2 is 2.06 bits per heavy atom. The minimum atomic E-state index is -0.154. The summed E-state index contributed by atoms with van der Waals surface area (Å²) in [5, 5.41) is 0. The lowest BCUT2D eigenvalue weighted by Gasteiger charge is -2.23. The van der Waals surface area contributed by atoms with Crippen LogP contribution in [0.3, 0.4) is 0 Å². The van der Waals surface area contributed by atoms with Gasteiger partial charge in [-0.3, -0.25) is 4.90 Å². The van der Waals surface area contributed by atoms with Crippen molar-refractivity contribution in [1.29, 1.82) is 0 Å². The third-order valence-electron chi connectivity index (χ3n) is 3.36. The zero-order valence-electron chi connectivity index (χ0n) is 11.1. The summed E-state index contributed by atoms with van der Waals surface area (Å²) in [6.07, 6.45) is 3.82. The lowest BCUT2D eigenvalue weighted by atomic mass is 10.1. The second kappa shape index (κ2) is 6.16. The van der Waals surface area contributed by atoms with Gasteiger partial charge >= 0.3 is 0 Å². The Morgan fingerprint density at radius 3 is 2.61 bits per heavy atom. The number of rotatable bonds is 6. The Kier molecular flexibility index (Phi) is 4.79. The fraction of sp³-hybridized carbons (Fsp3) is 0.600. The molecule has 0 aliphatic heterocycles. The monoisotopic (exact) mass is 313 g/mol. The summed E-state index contributed by atoms with van der Waals surface area (Å²) in [5.41, 5.74) is 1.07. The van der Waals surface area contributed by atoms with E-state index in [0.717, 1.165) is 35.1 Å². The molecular formula is C15H21BrFN. The van der Waals surface area contributed by atoms with E-state index in [1.807, 2.05) is 6.07 Å². The summed E-state index contributed by atoms with van der Waals surface area (Å²) in [5.74, 6) is 0.574. The summed E-state index contributed by atoms with van der Waals surface area (Å²) in [6.45, 7) is 6.50. The third-order valence-corrected chi connectivity index (χ3v) is 3.82. The summed E-state index contributed by atoms with van der Waals surface area (Å²) in [6, 6.07) is 5.91. The third kappa shape index (κ3) is 4.36. The largest absolute Gasteiger partial charge is 0.296 e.